The molecule has 4 N–H and O–H groups in total. The van der Waals surface area contributed by atoms with Crippen LogP contribution in [0, 0.1) is 0 Å². The van der Waals surface area contributed by atoms with Gasteiger partial charge in [-0.15, -0.1) is 0 Å². The SMILES string of the molecule is CCC(=O)NCCOCCOCCNC(=O)CON. The standard InChI is InChI=1S/C11H23N3O5/c1-2-10(15)13-3-5-17-7-8-18-6-4-14-11(16)9-19-12/h2-9,12H2,1H3,(H,13,15)(H,14,16). The normalized spacial score (nSPS) is 10.2. The number of ether oxygens (including phenoxy) is 2. The summed E-state index contributed by atoms with van der Waals surface area (Å²) in [7, 11) is 0. The molecule has 0 saturated carbocycles. The maximum Gasteiger partial charge on any atom is 0.248 e. The Labute approximate surface area is 112 Å². The van der Waals surface area contributed by atoms with Gasteiger partial charge in [0, 0.05) is 19.5 Å². The van der Waals surface area contributed by atoms with E-state index in [4.69, 9.17) is 15.4 Å². The number of hydrogen-bond acceptors (Lipinski definition) is 6. The topological polar surface area (TPSA) is 112 Å². The van der Waals surface area contributed by atoms with Crippen molar-refractivity contribution in [2.24, 2.45) is 5.90 Å². The fraction of sp³-hybridized carbons (Fsp3) is 0.818. The van der Waals surface area contributed by atoms with Gasteiger partial charge in [0.1, 0.15) is 6.61 Å². The van der Waals surface area contributed by atoms with E-state index in [1.807, 2.05) is 0 Å². The molecular weight excluding hydrogens is 254 g/mol. The van der Waals surface area contributed by atoms with Crippen molar-refractivity contribution in [3.8, 4) is 0 Å². The molecule has 0 aliphatic heterocycles. The van der Waals surface area contributed by atoms with E-state index >= 15 is 0 Å². The number of hydrogen-bond donors (Lipinski definition) is 3. The second-order valence-electron chi connectivity index (χ2n) is 3.59. The Morgan fingerprint density at radius 1 is 0.947 bits per heavy atom. The zero-order valence-corrected chi connectivity index (χ0v) is 11.3. The molecule has 112 valence electrons. The lowest BCUT2D eigenvalue weighted by Crippen LogP contribution is -2.31. The van der Waals surface area contributed by atoms with E-state index in [2.05, 4.69) is 15.5 Å². The van der Waals surface area contributed by atoms with Crippen molar-refractivity contribution >= 4 is 11.8 Å². The van der Waals surface area contributed by atoms with Crippen molar-refractivity contribution in [3.05, 3.63) is 0 Å². The summed E-state index contributed by atoms with van der Waals surface area (Å²) < 4.78 is 10.4. The molecule has 0 aromatic heterocycles. The van der Waals surface area contributed by atoms with Crippen LogP contribution in [0.1, 0.15) is 13.3 Å². The molecule has 8 nitrogen and oxygen atoms in total. The molecule has 0 saturated heterocycles. The summed E-state index contributed by atoms with van der Waals surface area (Å²) >= 11 is 0. The third kappa shape index (κ3) is 13.0. The first-order valence-electron chi connectivity index (χ1n) is 6.21. The van der Waals surface area contributed by atoms with Crippen LogP contribution >= 0.6 is 0 Å². The second-order valence-corrected chi connectivity index (χ2v) is 3.59. The van der Waals surface area contributed by atoms with Gasteiger partial charge in [0.15, 0.2) is 0 Å². The number of carbonyl (C=O) groups is 2. The largest absolute Gasteiger partial charge is 0.377 e. The zero-order valence-electron chi connectivity index (χ0n) is 11.3. The lowest BCUT2D eigenvalue weighted by atomic mass is 10.4. The summed E-state index contributed by atoms with van der Waals surface area (Å²) in [6.45, 7) is 4.27. The van der Waals surface area contributed by atoms with Crippen molar-refractivity contribution in [3.63, 3.8) is 0 Å². The Balaban J connectivity index is 3.11. The predicted molar refractivity (Wildman–Crippen MR) is 68.1 cm³/mol. The van der Waals surface area contributed by atoms with Crippen LogP contribution in [0.3, 0.4) is 0 Å². The highest BCUT2D eigenvalue weighted by molar-refractivity contribution is 5.77. The average Bonchev–Trinajstić information content (AvgIpc) is 2.40. The Morgan fingerprint density at radius 3 is 1.95 bits per heavy atom. The Kier molecular flexibility index (Phi) is 12.4. The maximum atomic E-state index is 10.9. The Bertz CT molecular complexity index is 250. The van der Waals surface area contributed by atoms with E-state index in [-0.39, 0.29) is 18.4 Å². The molecule has 19 heavy (non-hydrogen) atoms. The zero-order chi connectivity index (χ0) is 14.3. The molecule has 0 bridgehead atoms. The van der Waals surface area contributed by atoms with Crippen molar-refractivity contribution in [1.82, 2.24) is 10.6 Å². The van der Waals surface area contributed by atoms with Gasteiger partial charge in [-0.1, -0.05) is 6.92 Å². The van der Waals surface area contributed by atoms with Crippen molar-refractivity contribution in [1.29, 1.82) is 0 Å². The monoisotopic (exact) mass is 277 g/mol. The number of amides is 2. The van der Waals surface area contributed by atoms with E-state index in [1.54, 1.807) is 6.92 Å². The summed E-state index contributed by atoms with van der Waals surface area (Å²) in [6.07, 6.45) is 0.476. The van der Waals surface area contributed by atoms with Gasteiger partial charge in [0.25, 0.3) is 0 Å². The van der Waals surface area contributed by atoms with Crippen LogP contribution in [0.25, 0.3) is 0 Å². The van der Waals surface area contributed by atoms with Crippen molar-refractivity contribution in [2.75, 3.05) is 46.1 Å². The first-order chi connectivity index (χ1) is 9.20. The summed E-state index contributed by atoms with van der Waals surface area (Å²) in [5.41, 5.74) is 0. The molecule has 0 spiro atoms. The molecule has 0 aliphatic carbocycles. The molecule has 0 fully saturated rings. The average molecular weight is 277 g/mol. The molecule has 8 heteroatoms. The van der Waals surface area contributed by atoms with E-state index < -0.39 is 0 Å². The third-order valence-electron chi connectivity index (χ3n) is 2.04. The lowest BCUT2D eigenvalue weighted by molar-refractivity contribution is -0.126. The number of rotatable bonds is 12. The molecule has 0 aromatic rings. The van der Waals surface area contributed by atoms with Crippen LogP contribution in [-0.2, 0) is 23.9 Å². The van der Waals surface area contributed by atoms with E-state index in [0.717, 1.165) is 0 Å². The van der Waals surface area contributed by atoms with Crippen molar-refractivity contribution in [2.45, 2.75) is 13.3 Å². The molecule has 0 atom stereocenters. The van der Waals surface area contributed by atoms with Crippen LogP contribution in [-0.4, -0.2) is 57.9 Å². The van der Waals surface area contributed by atoms with Gasteiger partial charge in [-0.2, -0.15) is 0 Å². The summed E-state index contributed by atoms with van der Waals surface area (Å²) in [6, 6.07) is 0. The highest BCUT2D eigenvalue weighted by Gasteiger charge is 1.98. The highest BCUT2D eigenvalue weighted by atomic mass is 16.6. The predicted octanol–water partition coefficient (Wildman–Crippen LogP) is -1.45. The van der Waals surface area contributed by atoms with Gasteiger partial charge < -0.3 is 20.1 Å². The first-order valence-corrected chi connectivity index (χ1v) is 6.21. The van der Waals surface area contributed by atoms with Crippen LogP contribution in [0.5, 0.6) is 0 Å². The Hall–Kier alpha value is -1.22. The van der Waals surface area contributed by atoms with Crippen LogP contribution in [0.15, 0.2) is 0 Å². The summed E-state index contributed by atoms with van der Waals surface area (Å²) in [5.74, 6) is 4.46. The van der Waals surface area contributed by atoms with Gasteiger partial charge in [-0.3, -0.25) is 14.4 Å². The molecule has 0 rings (SSSR count). The minimum Gasteiger partial charge on any atom is -0.377 e. The first kappa shape index (κ1) is 17.8. The van der Waals surface area contributed by atoms with Gasteiger partial charge in [0.05, 0.1) is 26.4 Å². The fourth-order valence-electron chi connectivity index (χ4n) is 1.10. The van der Waals surface area contributed by atoms with Gasteiger partial charge in [-0.25, -0.2) is 5.90 Å². The molecule has 0 aromatic carbocycles. The second kappa shape index (κ2) is 13.2. The maximum absolute atomic E-state index is 10.9. The highest BCUT2D eigenvalue weighted by Crippen LogP contribution is 1.79. The Morgan fingerprint density at radius 2 is 1.47 bits per heavy atom. The lowest BCUT2D eigenvalue weighted by Gasteiger charge is -2.07. The van der Waals surface area contributed by atoms with Crippen molar-refractivity contribution < 1.29 is 23.9 Å². The summed E-state index contributed by atoms with van der Waals surface area (Å²) in [4.78, 5) is 25.9. The van der Waals surface area contributed by atoms with Crippen LogP contribution in [0.2, 0.25) is 0 Å². The van der Waals surface area contributed by atoms with Gasteiger partial charge >= 0.3 is 0 Å². The quantitative estimate of drug-likeness (QED) is 0.297. The molecular formula is C11H23N3O5. The summed E-state index contributed by atoms with van der Waals surface area (Å²) in [5, 5.41) is 5.25. The fourth-order valence-corrected chi connectivity index (χ4v) is 1.10. The van der Waals surface area contributed by atoms with E-state index in [1.165, 1.54) is 0 Å². The smallest absolute Gasteiger partial charge is 0.248 e. The molecule has 0 radical (unpaired) electrons. The molecule has 2 amide bonds. The van der Waals surface area contributed by atoms with Crippen LogP contribution in [0.4, 0.5) is 0 Å². The molecule has 0 unspecified atom stereocenters. The number of nitrogens with two attached hydrogens (primary N) is 1. The minimum atomic E-state index is -0.283. The van der Waals surface area contributed by atoms with Gasteiger partial charge in [0.2, 0.25) is 11.8 Å². The number of carbonyl (C=O) groups excluding carboxylic acids is 2. The van der Waals surface area contributed by atoms with Gasteiger partial charge in [-0.05, 0) is 0 Å². The van der Waals surface area contributed by atoms with E-state index in [0.29, 0.717) is 45.9 Å². The molecule has 0 aliphatic rings. The van der Waals surface area contributed by atoms with E-state index in [9.17, 15) is 9.59 Å². The van der Waals surface area contributed by atoms with Crippen LogP contribution < -0.4 is 16.5 Å². The number of nitrogens with one attached hydrogen (secondary N) is 2. The minimum absolute atomic E-state index is 0.0112. The molecule has 0 heterocycles. The third-order valence-corrected chi connectivity index (χ3v) is 2.04.